The number of rotatable bonds is 8. The summed E-state index contributed by atoms with van der Waals surface area (Å²) < 4.78 is 11.2. The second-order valence-corrected chi connectivity index (χ2v) is 6.01. The Kier molecular flexibility index (Phi) is 7.36. The molecule has 1 N–H and O–H groups in total. The van der Waals surface area contributed by atoms with Crippen molar-refractivity contribution in [1.82, 2.24) is 5.48 Å². The van der Waals surface area contributed by atoms with Crippen LogP contribution in [0.15, 0.2) is 18.2 Å². The number of hydrogen-bond donors (Lipinski definition) is 1. The Morgan fingerprint density at radius 3 is 2.96 bits per heavy atom. The molecule has 0 radical (unpaired) electrons. The van der Waals surface area contributed by atoms with Gasteiger partial charge in [-0.3, -0.25) is 4.79 Å². The zero-order valence-corrected chi connectivity index (χ0v) is 14.1. The van der Waals surface area contributed by atoms with E-state index in [4.69, 9.17) is 14.3 Å². The summed E-state index contributed by atoms with van der Waals surface area (Å²) in [6, 6.07) is 6.17. The van der Waals surface area contributed by atoms with Gasteiger partial charge in [0.1, 0.15) is 5.75 Å². The number of unbranched alkanes of at least 4 members (excludes halogenated alkanes) is 1. The third kappa shape index (κ3) is 6.59. The number of hydrogen-bond acceptors (Lipinski definition) is 4. The van der Waals surface area contributed by atoms with Crippen molar-refractivity contribution in [3.63, 3.8) is 0 Å². The van der Waals surface area contributed by atoms with Crippen LogP contribution in [0.4, 0.5) is 0 Å². The minimum atomic E-state index is -0.291. The fourth-order valence-corrected chi connectivity index (χ4v) is 2.42. The predicted octanol–water partition coefficient (Wildman–Crippen LogP) is 3.43. The molecule has 0 saturated carbocycles. The lowest BCUT2D eigenvalue weighted by atomic mass is 10.1. The molecular weight excluding hydrogens is 294 g/mol. The summed E-state index contributed by atoms with van der Waals surface area (Å²) in [5, 5.41) is 0. The van der Waals surface area contributed by atoms with E-state index < -0.39 is 0 Å². The van der Waals surface area contributed by atoms with E-state index in [1.807, 2.05) is 19.9 Å². The molecule has 1 aliphatic heterocycles. The second-order valence-electron chi connectivity index (χ2n) is 6.01. The number of carbonyl (C=O) groups is 1. The summed E-state index contributed by atoms with van der Waals surface area (Å²) in [5.41, 5.74) is 4.79. The first kappa shape index (κ1) is 17.8. The van der Waals surface area contributed by atoms with Crippen LogP contribution in [0.3, 0.4) is 0 Å². The number of aryl methyl sites for hydroxylation is 2. The Hall–Kier alpha value is -1.59. The minimum Gasteiger partial charge on any atom is -0.493 e. The highest BCUT2D eigenvalue weighted by atomic mass is 16.8. The summed E-state index contributed by atoms with van der Waals surface area (Å²) in [6.07, 6.45) is 4.73. The van der Waals surface area contributed by atoms with Gasteiger partial charge in [0.05, 0.1) is 6.61 Å². The van der Waals surface area contributed by atoms with E-state index in [9.17, 15) is 4.79 Å². The molecule has 1 amide bonds. The fraction of sp³-hybridized carbons (Fsp3) is 0.611. The normalized spacial score (nSPS) is 17.7. The number of carbonyl (C=O) groups excluding carboxylic acids is 1. The van der Waals surface area contributed by atoms with Gasteiger partial charge >= 0.3 is 0 Å². The maximum atomic E-state index is 11.7. The molecule has 0 aliphatic carbocycles. The van der Waals surface area contributed by atoms with Gasteiger partial charge in [-0.2, -0.15) is 0 Å². The molecule has 1 fully saturated rings. The molecule has 0 bridgehead atoms. The van der Waals surface area contributed by atoms with Gasteiger partial charge < -0.3 is 9.47 Å². The van der Waals surface area contributed by atoms with Gasteiger partial charge in [0.15, 0.2) is 6.29 Å². The SMILES string of the molecule is Cc1ccc(C)c(OCCCCC(=O)NOC2CCCCO2)c1. The van der Waals surface area contributed by atoms with Crippen LogP contribution < -0.4 is 10.2 Å². The first-order valence-corrected chi connectivity index (χ1v) is 8.41. The number of benzene rings is 1. The maximum absolute atomic E-state index is 11.7. The molecule has 1 aliphatic rings. The predicted molar refractivity (Wildman–Crippen MR) is 88.1 cm³/mol. The topological polar surface area (TPSA) is 56.8 Å². The van der Waals surface area contributed by atoms with Crippen LogP contribution in [0.5, 0.6) is 5.75 Å². The monoisotopic (exact) mass is 321 g/mol. The number of nitrogens with one attached hydrogen (secondary N) is 1. The molecular formula is C18H27NO4. The van der Waals surface area contributed by atoms with Gasteiger partial charge in [0.2, 0.25) is 5.91 Å². The summed E-state index contributed by atoms with van der Waals surface area (Å²) in [6.45, 7) is 5.40. The smallest absolute Gasteiger partial charge is 0.243 e. The number of hydroxylamine groups is 1. The standard InChI is InChI=1S/C18H27NO4/c1-14-9-10-15(2)16(13-14)21-11-5-3-7-17(20)19-23-18-8-4-6-12-22-18/h9-10,13,18H,3-8,11-12H2,1-2H3,(H,19,20). The molecule has 0 spiro atoms. The molecule has 5 nitrogen and oxygen atoms in total. The molecule has 0 aromatic heterocycles. The lowest BCUT2D eigenvalue weighted by Gasteiger charge is -2.22. The third-order valence-corrected chi connectivity index (χ3v) is 3.84. The van der Waals surface area contributed by atoms with Crippen molar-refractivity contribution in [1.29, 1.82) is 0 Å². The first-order chi connectivity index (χ1) is 11.1. The highest BCUT2D eigenvalue weighted by molar-refractivity contribution is 5.74. The lowest BCUT2D eigenvalue weighted by Crippen LogP contribution is -2.33. The van der Waals surface area contributed by atoms with Gasteiger partial charge in [-0.1, -0.05) is 12.1 Å². The van der Waals surface area contributed by atoms with Crippen LogP contribution >= 0.6 is 0 Å². The van der Waals surface area contributed by atoms with Gasteiger partial charge in [0, 0.05) is 19.4 Å². The van der Waals surface area contributed by atoms with E-state index in [2.05, 4.69) is 17.6 Å². The van der Waals surface area contributed by atoms with E-state index in [-0.39, 0.29) is 12.2 Å². The molecule has 1 saturated heterocycles. The van der Waals surface area contributed by atoms with Crippen molar-refractivity contribution in [3.05, 3.63) is 29.3 Å². The number of ether oxygens (including phenoxy) is 2. The Morgan fingerprint density at radius 2 is 2.17 bits per heavy atom. The summed E-state index contributed by atoms with van der Waals surface area (Å²) in [4.78, 5) is 16.9. The highest BCUT2D eigenvalue weighted by Gasteiger charge is 2.15. The average Bonchev–Trinajstić information content (AvgIpc) is 2.56. The summed E-state index contributed by atoms with van der Waals surface area (Å²) >= 11 is 0. The molecule has 5 heteroatoms. The molecule has 2 rings (SSSR count). The van der Waals surface area contributed by atoms with Crippen molar-refractivity contribution in [2.75, 3.05) is 13.2 Å². The zero-order chi connectivity index (χ0) is 16.5. The summed E-state index contributed by atoms with van der Waals surface area (Å²) in [7, 11) is 0. The van der Waals surface area contributed by atoms with Gasteiger partial charge in [-0.25, -0.2) is 10.3 Å². The van der Waals surface area contributed by atoms with Crippen molar-refractivity contribution in [3.8, 4) is 5.75 Å². The van der Waals surface area contributed by atoms with Crippen LogP contribution in [0.2, 0.25) is 0 Å². The molecule has 128 valence electrons. The van der Waals surface area contributed by atoms with Crippen LogP contribution in [-0.4, -0.2) is 25.4 Å². The molecule has 1 aromatic carbocycles. The first-order valence-electron chi connectivity index (χ1n) is 8.41. The van der Waals surface area contributed by atoms with E-state index in [1.165, 1.54) is 5.56 Å². The highest BCUT2D eigenvalue weighted by Crippen LogP contribution is 2.19. The molecule has 1 unspecified atom stereocenters. The van der Waals surface area contributed by atoms with Crippen LogP contribution in [0.25, 0.3) is 0 Å². The van der Waals surface area contributed by atoms with E-state index in [1.54, 1.807) is 0 Å². The van der Waals surface area contributed by atoms with Crippen molar-refractivity contribution in [2.45, 2.75) is 58.7 Å². The van der Waals surface area contributed by atoms with Crippen molar-refractivity contribution in [2.24, 2.45) is 0 Å². The Balaban J connectivity index is 1.54. The Bertz CT molecular complexity index is 498. The maximum Gasteiger partial charge on any atom is 0.243 e. The van der Waals surface area contributed by atoms with E-state index >= 15 is 0 Å². The Labute approximate surface area is 138 Å². The fourth-order valence-electron chi connectivity index (χ4n) is 2.42. The number of amides is 1. The second kappa shape index (κ2) is 9.53. The van der Waals surface area contributed by atoms with Crippen LogP contribution in [0, 0.1) is 13.8 Å². The third-order valence-electron chi connectivity index (χ3n) is 3.84. The lowest BCUT2D eigenvalue weighted by molar-refractivity contribution is -0.200. The quantitative estimate of drug-likeness (QED) is 0.589. The molecule has 1 atom stereocenters. The Morgan fingerprint density at radius 1 is 1.30 bits per heavy atom. The van der Waals surface area contributed by atoms with Gasteiger partial charge in [-0.15, -0.1) is 0 Å². The van der Waals surface area contributed by atoms with Gasteiger partial charge in [-0.05, 0) is 56.7 Å². The molecule has 1 aromatic rings. The van der Waals surface area contributed by atoms with Crippen LogP contribution in [0.1, 0.15) is 49.7 Å². The van der Waals surface area contributed by atoms with Crippen LogP contribution in [-0.2, 0) is 14.4 Å². The largest absolute Gasteiger partial charge is 0.493 e. The van der Waals surface area contributed by atoms with Crippen molar-refractivity contribution < 1.29 is 19.1 Å². The minimum absolute atomic E-state index is 0.106. The molecule has 23 heavy (non-hydrogen) atoms. The van der Waals surface area contributed by atoms with Gasteiger partial charge in [0.25, 0.3) is 0 Å². The van der Waals surface area contributed by atoms with E-state index in [0.717, 1.165) is 43.4 Å². The molecule has 1 heterocycles. The summed E-state index contributed by atoms with van der Waals surface area (Å²) in [5.74, 6) is 0.818. The average molecular weight is 321 g/mol. The van der Waals surface area contributed by atoms with Crippen molar-refractivity contribution >= 4 is 5.91 Å². The van der Waals surface area contributed by atoms with E-state index in [0.29, 0.717) is 19.6 Å². The zero-order valence-electron chi connectivity index (χ0n) is 14.1.